The monoisotopic (exact) mass is 242 g/mol. The molecule has 1 aliphatic rings. The Morgan fingerprint density at radius 2 is 1.88 bits per heavy atom. The Labute approximate surface area is 107 Å². The summed E-state index contributed by atoms with van der Waals surface area (Å²) in [6.07, 6.45) is 6.92. The summed E-state index contributed by atoms with van der Waals surface area (Å²) >= 11 is 0. The van der Waals surface area contributed by atoms with Gasteiger partial charge in [0.25, 0.3) is 0 Å². The predicted molar refractivity (Wildman–Crippen MR) is 72.1 cm³/mol. The van der Waals surface area contributed by atoms with E-state index in [1.54, 1.807) is 0 Å². The second kappa shape index (κ2) is 6.75. The van der Waals surface area contributed by atoms with Crippen LogP contribution in [0.5, 0.6) is 0 Å². The summed E-state index contributed by atoms with van der Waals surface area (Å²) in [5.74, 6) is 1.30. The van der Waals surface area contributed by atoms with Gasteiger partial charge in [0.2, 0.25) is 0 Å². The van der Waals surface area contributed by atoms with Crippen molar-refractivity contribution >= 4 is 0 Å². The maximum Gasteiger partial charge on any atom is 0.0598 e. The smallest absolute Gasteiger partial charge is 0.0598 e. The van der Waals surface area contributed by atoms with Crippen molar-refractivity contribution in [2.45, 2.75) is 77.9 Å². The highest BCUT2D eigenvalue weighted by Crippen LogP contribution is 2.34. The molecule has 1 N–H and O–H groups in total. The lowest BCUT2D eigenvalue weighted by molar-refractivity contribution is -0.0296. The van der Waals surface area contributed by atoms with Crippen LogP contribution in [-0.4, -0.2) is 23.4 Å². The first-order valence-electron chi connectivity index (χ1n) is 7.24. The van der Waals surface area contributed by atoms with E-state index in [4.69, 9.17) is 4.74 Å². The van der Waals surface area contributed by atoms with Crippen LogP contribution in [-0.2, 0) is 4.74 Å². The third kappa shape index (κ3) is 5.87. The quantitative estimate of drug-likeness (QED) is 0.795. The van der Waals surface area contributed by atoms with Crippen LogP contribution in [0.4, 0.5) is 0 Å². The lowest BCUT2D eigenvalue weighted by Crippen LogP contribution is -2.31. The highest BCUT2D eigenvalue weighted by molar-refractivity contribution is 4.79. The number of hydrogen-bond donors (Lipinski definition) is 1. The molecule has 0 aliphatic heterocycles. The molecule has 0 aromatic heterocycles. The molecule has 0 radical (unpaired) electrons. The maximum absolute atomic E-state index is 10.0. The first-order chi connectivity index (χ1) is 7.92. The van der Waals surface area contributed by atoms with Gasteiger partial charge in [-0.3, -0.25) is 0 Å². The third-order valence-corrected chi connectivity index (χ3v) is 3.77. The van der Waals surface area contributed by atoms with Gasteiger partial charge in [0.05, 0.1) is 11.7 Å². The predicted octanol–water partition coefficient (Wildman–Crippen LogP) is 3.77. The van der Waals surface area contributed by atoms with Crippen LogP contribution < -0.4 is 0 Å². The van der Waals surface area contributed by atoms with Crippen molar-refractivity contribution in [3.63, 3.8) is 0 Å². The van der Waals surface area contributed by atoms with E-state index in [-0.39, 0.29) is 11.7 Å². The maximum atomic E-state index is 10.0. The Bertz CT molecular complexity index is 207. The Morgan fingerprint density at radius 3 is 2.47 bits per heavy atom. The molecular weight excluding hydrogens is 212 g/mol. The van der Waals surface area contributed by atoms with Crippen molar-refractivity contribution in [3.8, 4) is 0 Å². The van der Waals surface area contributed by atoms with Gasteiger partial charge in [-0.25, -0.2) is 0 Å². The number of aliphatic hydroxyl groups excluding tert-OH is 1. The van der Waals surface area contributed by atoms with E-state index in [1.165, 1.54) is 25.7 Å². The minimum atomic E-state index is -0.0910. The van der Waals surface area contributed by atoms with Crippen molar-refractivity contribution < 1.29 is 9.84 Å². The SMILES string of the molecule is CCCC1CCC(O)C(CCOC(C)(C)C)C1. The molecule has 17 heavy (non-hydrogen) atoms. The molecule has 0 spiro atoms. The van der Waals surface area contributed by atoms with E-state index in [9.17, 15) is 5.11 Å². The number of ether oxygens (including phenoxy) is 1. The summed E-state index contributed by atoms with van der Waals surface area (Å²) in [5, 5.41) is 10.0. The Morgan fingerprint density at radius 1 is 1.18 bits per heavy atom. The zero-order valence-electron chi connectivity index (χ0n) is 12.0. The van der Waals surface area contributed by atoms with Crippen LogP contribution in [0.3, 0.4) is 0 Å². The van der Waals surface area contributed by atoms with Crippen molar-refractivity contribution in [2.24, 2.45) is 11.8 Å². The van der Waals surface area contributed by atoms with E-state index in [1.807, 2.05) is 0 Å². The van der Waals surface area contributed by atoms with Crippen molar-refractivity contribution in [2.75, 3.05) is 6.61 Å². The minimum Gasteiger partial charge on any atom is -0.393 e. The lowest BCUT2D eigenvalue weighted by atomic mass is 9.76. The molecule has 0 aromatic rings. The van der Waals surface area contributed by atoms with Crippen LogP contribution in [0.15, 0.2) is 0 Å². The summed E-state index contributed by atoms with van der Waals surface area (Å²) < 4.78 is 5.76. The zero-order valence-corrected chi connectivity index (χ0v) is 12.0. The summed E-state index contributed by atoms with van der Waals surface area (Å²) in [6, 6.07) is 0. The van der Waals surface area contributed by atoms with Crippen molar-refractivity contribution in [1.82, 2.24) is 0 Å². The summed E-state index contributed by atoms with van der Waals surface area (Å²) in [7, 11) is 0. The topological polar surface area (TPSA) is 29.5 Å². The Kier molecular flexibility index (Phi) is 5.94. The van der Waals surface area contributed by atoms with Gasteiger partial charge in [0.15, 0.2) is 0 Å². The van der Waals surface area contributed by atoms with Gasteiger partial charge in [-0.05, 0) is 58.3 Å². The zero-order chi connectivity index (χ0) is 12.9. The van der Waals surface area contributed by atoms with Crippen LogP contribution in [0.2, 0.25) is 0 Å². The molecule has 102 valence electrons. The molecule has 1 saturated carbocycles. The molecule has 1 aliphatic carbocycles. The molecule has 1 rings (SSSR count). The van der Waals surface area contributed by atoms with Gasteiger partial charge in [-0.15, -0.1) is 0 Å². The van der Waals surface area contributed by atoms with E-state index in [2.05, 4.69) is 27.7 Å². The van der Waals surface area contributed by atoms with Gasteiger partial charge < -0.3 is 9.84 Å². The normalized spacial score (nSPS) is 30.5. The van der Waals surface area contributed by atoms with Gasteiger partial charge >= 0.3 is 0 Å². The highest BCUT2D eigenvalue weighted by atomic mass is 16.5. The average Bonchev–Trinajstić information content (AvgIpc) is 2.21. The third-order valence-electron chi connectivity index (χ3n) is 3.77. The summed E-state index contributed by atoms with van der Waals surface area (Å²) in [6.45, 7) is 9.30. The van der Waals surface area contributed by atoms with Crippen molar-refractivity contribution in [1.29, 1.82) is 0 Å². The van der Waals surface area contributed by atoms with Crippen LogP contribution >= 0.6 is 0 Å². The first kappa shape index (κ1) is 15.0. The number of aliphatic hydroxyl groups is 1. The Balaban J connectivity index is 2.29. The van der Waals surface area contributed by atoms with E-state index in [0.717, 1.165) is 25.4 Å². The van der Waals surface area contributed by atoms with Crippen LogP contribution in [0.25, 0.3) is 0 Å². The Hall–Kier alpha value is -0.0800. The molecule has 0 saturated heterocycles. The van der Waals surface area contributed by atoms with Gasteiger partial charge in [0.1, 0.15) is 0 Å². The van der Waals surface area contributed by atoms with E-state index in [0.29, 0.717) is 5.92 Å². The second-order valence-electron chi connectivity index (χ2n) is 6.54. The van der Waals surface area contributed by atoms with Crippen LogP contribution in [0, 0.1) is 11.8 Å². The molecule has 0 bridgehead atoms. The summed E-state index contributed by atoms with van der Waals surface area (Å²) in [4.78, 5) is 0. The largest absolute Gasteiger partial charge is 0.393 e. The molecule has 1 fully saturated rings. The molecule has 0 amide bonds. The molecule has 2 heteroatoms. The average molecular weight is 242 g/mol. The molecule has 3 atom stereocenters. The van der Waals surface area contributed by atoms with Crippen LogP contribution in [0.1, 0.15) is 66.2 Å². The fourth-order valence-electron chi connectivity index (χ4n) is 2.84. The van der Waals surface area contributed by atoms with E-state index >= 15 is 0 Å². The number of rotatable bonds is 5. The highest BCUT2D eigenvalue weighted by Gasteiger charge is 2.28. The fourth-order valence-corrected chi connectivity index (χ4v) is 2.84. The fraction of sp³-hybridized carbons (Fsp3) is 1.00. The van der Waals surface area contributed by atoms with Gasteiger partial charge in [-0.1, -0.05) is 19.8 Å². The number of hydrogen-bond acceptors (Lipinski definition) is 2. The van der Waals surface area contributed by atoms with E-state index < -0.39 is 0 Å². The first-order valence-corrected chi connectivity index (χ1v) is 7.24. The lowest BCUT2D eigenvalue weighted by Gasteiger charge is -2.34. The molecular formula is C15H30O2. The molecule has 2 nitrogen and oxygen atoms in total. The molecule has 0 aromatic carbocycles. The van der Waals surface area contributed by atoms with Gasteiger partial charge in [0, 0.05) is 6.61 Å². The second-order valence-corrected chi connectivity index (χ2v) is 6.54. The van der Waals surface area contributed by atoms with Gasteiger partial charge in [-0.2, -0.15) is 0 Å². The standard InChI is InChI=1S/C15H30O2/c1-5-6-12-7-8-14(16)13(11-12)9-10-17-15(2,3)4/h12-14,16H,5-11H2,1-4H3. The van der Waals surface area contributed by atoms with Crippen molar-refractivity contribution in [3.05, 3.63) is 0 Å². The summed E-state index contributed by atoms with van der Waals surface area (Å²) in [5.41, 5.74) is -0.0531. The molecule has 3 unspecified atom stereocenters. The molecule has 0 heterocycles. The minimum absolute atomic E-state index is 0.0531.